The van der Waals surface area contributed by atoms with Crippen molar-refractivity contribution in [2.24, 2.45) is 0 Å². The van der Waals surface area contributed by atoms with E-state index >= 15 is 0 Å². The van der Waals surface area contributed by atoms with Gasteiger partial charge in [0.1, 0.15) is 5.75 Å². The molecule has 1 aromatic carbocycles. The molecule has 0 atom stereocenters. The lowest BCUT2D eigenvalue weighted by molar-refractivity contribution is 0.230. The Bertz CT molecular complexity index is 522. The third-order valence-electron chi connectivity index (χ3n) is 4.71. The summed E-state index contributed by atoms with van der Waals surface area (Å²) < 4.78 is 12.6. The molecule has 0 aromatic heterocycles. The zero-order valence-electron chi connectivity index (χ0n) is 16.4. The summed E-state index contributed by atoms with van der Waals surface area (Å²) >= 11 is 18.4. The minimum absolute atomic E-state index is 0.434. The normalized spacial score (nSPS) is 11.8. The monoisotopic (exact) mass is 438 g/mol. The van der Waals surface area contributed by atoms with E-state index in [9.17, 15) is 0 Å². The average molecular weight is 440 g/mol. The number of hydrogen-bond acceptors (Lipinski definition) is 2. The number of halogens is 3. The van der Waals surface area contributed by atoms with Crippen molar-refractivity contribution in [2.75, 3.05) is 6.61 Å². The number of hydrogen-bond donors (Lipinski definition) is 0. The highest BCUT2D eigenvalue weighted by atomic mass is 35.5. The summed E-state index contributed by atoms with van der Waals surface area (Å²) in [7, 11) is -2.33. The van der Waals surface area contributed by atoms with E-state index in [4.69, 9.17) is 43.7 Å². The third kappa shape index (κ3) is 8.39. The summed E-state index contributed by atoms with van der Waals surface area (Å²) in [4.78, 5) is 0. The molecule has 0 aliphatic rings. The Balaban J connectivity index is 2.45. The standard InChI is InChI=1S/C20H33Cl3O2Si/c1-4-7-8-9-10-11-12-13-14-24-26(5-2,6-3)25-20-16-18(22)17(21)15-19(20)23/h15-16H,4-14H2,1-3H3. The van der Waals surface area contributed by atoms with Crippen molar-refractivity contribution in [1.82, 2.24) is 0 Å². The van der Waals surface area contributed by atoms with Crippen LogP contribution in [0.1, 0.15) is 72.1 Å². The Kier molecular flexibility index (Phi) is 12.3. The topological polar surface area (TPSA) is 18.5 Å². The van der Waals surface area contributed by atoms with E-state index in [0.717, 1.165) is 25.1 Å². The predicted molar refractivity (Wildman–Crippen MR) is 117 cm³/mol. The molecule has 26 heavy (non-hydrogen) atoms. The molecule has 0 aliphatic carbocycles. The molecule has 1 rings (SSSR count). The van der Waals surface area contributed by atoms with Crippen molar-refractivity contribution < 1.29 is 8.85 Å². The Labute approximate surface area is 175 Å². The van der Waals surface area contributed by atoms with Crippen molar-refractivity contribution in [3.8, 4) is 5.75 Å². The van der Waals surface area contributed by atoms with E-state index in [1.807, 2.05) is 0 Å². The fourth-order valence-corrected chi connectivity index (χ4v) is 5.89. The van der Waals surface area contributed by atoms with Crippen LogP contribution in [-0.2, 0) is 4.43 Å². The first-order valence-electron chi connectivity index (χ1n) is 9.95. The summed E-state index contributed by atoms with van der Waals surface area (Å²) in [6.45, 7) is 7.24. The Morgan fingerprint density at radius 2 is 1.27 bits per heavy atom. The zero-order chi connectivity index (χ0) is 19.4. The minimum Gasteiger partial charge on any atom is -0.519 e. The summed E-state index contributed by atoms with van der Waals surface area (Å²) in [5.74, 6) is 0.576. The molecule has 6 heteroatoms. The van der Waals surface area contributed by atoms with Crippen molar-refractivity contribution in [3.63, 3.8) is 0 Å². The van der Waals surface area contributed by atoms with Crippen LogP contribution in [0.2, 0.25) is 27.2 Å². The fourth-order valence-electron chi connectivity index (χ4n) is 2.90. The van der Waals surface area contributed by atoms with Crippen LogP contribution in [0.3, 0.4) is 0 Å². The molecule has 0 radical (unpaired) electrons. The Morgan fingerprint density at radius 1 is 0.731 bits per heavy atom. The molecule has 0 unspecified atom stereocenters. The molecule has 0 saturated heterocycles. The molecular weight excluding hydrogens is 407 g/mol. The van der Waals surface area contributed by atoms with Crippen LogP contribution in [0.15, 0.2) is 12.1 Å². The number of benzene rings is 1. The van der Waals surface area contributed by atoms with Crippen LogP contribution in [0, 0.1) is 0 Å². The predicted octanol–water partition coefficient (Wildman–Crippen LogP) is 8.66. The van der Waals surface area contributed by atoms with Gasteiger partial charge in [-0.1, -0.05) is 101 Å². The van der Waals surface area contributed by atoms with Crippen LogP contribution in [0.25, 0.3) is 0 Å². The minimum atomic E-state index is -2.33. The van der Waals surface area contributed by atoms with Crippen molar-refractivity contribution in [2.45, 2.75) is 84.2 Å². The summed E-state index contributed by atoms with van der Waals surface area (Å²) in [5, 5.41) is 1.36. The van der Waals surface area contributed by atoms with Crippen molar-refractivity contribution in [1.29, 1.82) is 0 Å². The molecule has 1 aromatic rings. The number of rotatable bonds is 14. The van der Waals surface area contributed by atoms with Gasteiger partial charge in [-0.25, -0.2) is 0 Å². The van der Waals surface area contributed by atoms with Crippen LogP contribution in [0.4, 0.5) is 0 Å². The Hall–Kier alpha value is 0.0669. The second-order valence-corrected chi connectivity index (χ2v) is 11.7. The van der Waals surface area contributed by atoms with E-state index < -0.39 is 8.56 Å². The van der Waals surface area contributed by atoms with E-state index in [1.54, 1.807) is 12.1 Å². The SMILES string of the molecule is CCCCCCCCCCO[Si](CC)(CC)Oc1cc(Cl)c(Cl)cc1Cl. The lowest BCUT2D eigenvalue weighted by Crippen LogP contribution is -2.44. The highest BCUT2D eigenvalue weighted by Crippen LogP contribution is 2.36. The van der Waals surface area contributed by atoms with Crippen LogP contribution < -0.4 is 4.43 Å². The maximum Gasteiger partial charge on any atom is 0.398 e. The first kappa shape index (κ1) is 24.1. The fraction of sp³-hybridized carbons (Fsp3) is 0.700. The van der Waals surface area contributed by atoms with Gasteiger partial charge in [-0.2, -0.15) is 0 Å². The summed E-state index contributed by atoms with van der Waals surface area (Å²) in [5.41, 5.74) is 0. The molecule has 0 heterocycles. The van der Waals surface area contributed by atoms with E-state index in [0.29, 0.717) is 20.8 Å². The van der Waals surface area contributed by atoms with Gasteiger partial charge in [0.2, 0.25) is 0 Å². The lowest BCUT2D eigenvalue weighted by atomic mass is 10.1. The van der Waals surface area contributed by atoms with E-state index in [1.165, 1.54) is 44.9 Å². The highest BCUT2D eigenvalue weighted by molar-refractivity contribution is 6.68. The van der Waals surface area contributed by atoms with Gasteiger partial charge in [0.05, 0.1) is 15.1 Å². The molecule has 0 fully saturated rings. The zero-order valence-corrected chi connectivity index (χ0v) is 19.7. The summed E-state index contributed by atoms with van der Waals surface area (Å²) in [6, 6.07) is 5.07. The van der Waals surface area contributed by atoms with Gasteiger partial charge in [-0.05, 0) is 24.6 Å². The molecular formula is C20H33Cl3O2Si. The van der Waals surface area contributed by atoms with E-state index in [2.05, 4.69) is 20.8 Å². The first-order valence-corrected chi connectivity index (χ1v) is 13.3. The van der Waals surface area contributed by atoms with Crippen LogP contribution >= 0.6 is 34.8 Å². The van der Waals surface area contributed by atoms with Gasteiger partial charge < -0.3 is 8.85 Å². The van der Waals surface area contributed by atoms with Crippen molar-refractivity contribution in [3.05, 3.63) is 27.2 Å². The lowest BCUT2D eigenvalue weighted by Gasteiger charge is -2.30. The number of unbranched alkanes of at least 4 members (excludes halogenated alkanes) is 7. The third-order valence-corrected chi connectivity index (χ3v) is 9.21. The van der Waals surface area contributed by atoms with Gasteiger partial charge in [-0.3, -0.25) is 0 Å². The highest BCUT2D eigenvalue weighted by Gasteiger charge is 2.36. The largest absolute Gasteiger partial charge is 0.519 e. The van der Waals surface area contributed by atoms with Crippen LogP contribution in [0.5, 0.6) is 5.75 Å². The van der Waals surface area contributed by atoms with Gasteiger partial charge in [0.15, 0.2) is 0 Å². The average Bonchev–Trinajstić information content (AvgIpc) is 2.63. The van der Waals surface area contributed by atoms with Gasteiger partial charge in [0.25, 0.3) is 0 Å². The van der Waals surface area contributed by atoms with Gasteiger partial charge >= 0.3 is 8.56 Å². The second kappa shape index (κ2) is 13.3. The second-order valence-electron chi connectivity index (χ2n) is 6.74. The van der Waals surface area contributed by atoms with Gasteiger partial charge in [0, 0.05) is 12.7 Å². The molecule has 0 spiro atoms. The first-order chi connectivity index (χ1) is 12.5. The maximum atomic E-state index is 6.28. The summed E-state index contributed by atoms with van der Waals surface area (Å²) in [6.07, 6.45) is 10.3. The quantitative estimate of drug-likeness (QED) is 0.164. The molecule has 2 nitrogen and oxygen atoms in total. The molecule has 150 valence electrons. The molecule has 0 aliphatic heterocycles. The smallest absolute Gasteiger partial charge is 0.398 e. The molecule has 0 bridgehead atoms. The Morgan fingerprint density at radius 3 is 1.85 bits per heavy atom. The molecule has 0 amide bonds. The van der Waals surface area contributed by atoms with Gasteiger partial charge in [-0.15, -0.1) is 0 Å². The molecule has 0 saturated carbocycles. The van der Waals surface area contributed by atoms with Crippen molar-refractivity contribution >= 4 is 43.4 Å². The van der Waals surface area contributed by atoms with E-state index in [-0.39, 0.29) is 0 Å². The van der Waals surface area contributed by atoms with Crippen LogP contribution in [-0.4, -0.2) is 15.2 Å². The maximum absolute atomic E-state index is 6.28. The molecule has 0 N–H and O–H groups in total.